The Hall–Kier alpha value is -5.51. The van der Waals surface area contributed by atoms with E-state index in [2.05, 4.69) is 0 Å². The first kappa shape index (κ1) is 50.4. The van der Waals surface area contributed by atoms with Crippen molar-refractivity contribution in [1.82, 2.24) is 0 Å². The van der Waals surface area contributed by atoms with Crippen LogP contribution in [0.5, 0.6) is 0 Å². The quantitative estimate of drug-likeness (QED) is 0.0626. The van der Waals surface area contributed by atoms with Gasteiger partial charge in [-0.15, -0.1) is 0 Å². The Kier molecular flexibility index (Phi) is 19.0. The molecule has 2 fully saturated rings. The van der Waals surface area contributed by atoms with Gasteiger partial charge >= 0.3 is 0 Å². The number of hydrogen-bond donors (Lipinski definition) is 1. The third-order valence-electron chi connectivity index (χ3n) is 12.4. The van der Waals surface area contributed by atoms with Gasteiger partial charge in [0.25, 0.3) is 0 Å². The summed E-state index contributed by atoms with van der Waals surface area (Å²) in [6.45, 7) is 2.03. The van der Waals surface area contributed by atoms with Crippen molar-refractivity contribution >= 4 is 11.8 Å². The Morgan fingerprint density at radius 1 is 0.352 bits per heavy atom. The number of aliphatic hydroxyl groups is 1. The van der Waals surface area contributed by atoms with Crippen molar-refractivity contribution in [3.63, 3.8) is 0 Å². The summed E-state index contributed by atoms with van der Waals surface area (Å²) in [5.74, 6) is 0. The second kappa shape index (κ2) is 26.8. The molecule has 2 saturated heterocycles. The Morgan fingerprint density at radius 2 is 0.676 bits per heavy atom. The van der Waals surface area contributed by atoms with Crippen molar-refractivity contribution < 1.29 is 47.7 Å². The van der Waals surface area contributed by atoms with Crippen LogP contribution in [0.25, 0.3) is 0 Å². The normalized spacial score (nSPS) is 24.4. The average Bonchev–Trinajstić information content (AvgIpc) is 3.42. The number of thioether (sulfide) groups is 1. The molecule has 1 N–H and O–H groups in total. The first-order valence-electron chi connectivity index (χ1n) is 24.3. The van der Waals surface area contributed by atoms with Crippen LogP contribution in [-0.4, -0.2) is 78.9 Å². The van der Waals surface area contributed by atoms with E-state index in [0.717, 1.165) is 38.3 Å². The minimum atomic E-state index is -1.34. The highest BCUT2D eigenvalue weighted by atomic mass is 32.2. The molecular weight excluding hydrogens is 913 g/mol. The van der Waals surface area contributed by atoms with E-state index in [-0.39, 0.29) is 39.6 Å². The monoisotopic (exact) mass is 974 g/mol. The summed E-state index contributed by atoms with van der Waals surface area (Å²) in [5, 5.41) is 12.8. The fraction of sp³-hybridized carbons (Fsp3) is 0.300. The largest absolute Gasteiger partial charge is 0.385 e. The number of benzene rings is 7. The Morgan fingerprint density at radius 3 is 1.08 bits per heavy atom. The van der Waals surface area contributed by atoms with Gasteiger partial charge in [-0.2, -0.15) is 0 Å². The molecule has 7 aromatic rings. The minimum Gasteiger partial charge on any atom is -0.385 e. The van der Waals surface area contributed by atoms with Crippen molar-refractivity contribution in [3.05, 3.63) is 246 Å². The van der Waals surface area contributed by atoms with Crippen LogP contribution in [-0.2, 0) is 82.3 Å². The molecule has 10 nitrogen and oxygen atoms in total. The molecule has 2 aliphatic heterocycles. The van der Waals surface area contributed by atoms with Gasteiger partial charge in [0.1, 0.15) is 54.3 Å². The van der Waals surface area contributed by atoms with Gasteiger partial charge in [-0.3, -0.25) is 0 Å². The molecule has 0 bridgehead atoms. The number of aliphatic hydroxyl groups excluding tert-OH is 1. The molecule has 0 spiro atoms. The number of ether oxygens (including phenoxy) is 9. The van der Waals surface area contributed by atoms with Crippen LogP contribution in [0.15, 0.2) is 217 Å². The smallest absolute Gasteiger partial charge is 0.187 e. The molecule has 10 atom stereocenters. The topological polar surface area (TPSA) is 103 Å². The van der Waals surface area contributed by atoms with Gasteiger partial charge in [0.15, 0.2) is 6.29 Å². The van der Waals surface area contributed by atoms with E-state index in [0.29, 0.717) is 13.2 Å². The predicted molar refractivity (Wildman–Crippen MR) is 273 cm³/mol. The zero-order valence-electron chi connectivity index (χ0n) is 39.7. The van der Waals surface area contributed by atoms with Crippen LogP contribution in [0.1, 0.15) is 33.4 Å². The summed E-state index contributed by atoms with van der Waals surface area (Å²) in [6.07, 6.45) is -7.96. The fourth-order valence-corrected chi connectivity index (χ4v) is 9.90. The summed E-state index contributed by atoms with van der Waals surface area (Å²) in [6, 6.07) is 70.0. The van der Waals surface area contributed by atoms with Crippen LogP contribution >= 0.6 is 11.8 Å². The first-order chi connectivity index (χ1) is 35.1. The van der Waals surface area contributed by atoms with Gasteiger partial charge in [-0.1, -0.05) is 212 Å². The Balaban J connectivity index is 1.07. The van der Waals surface area contributed by atoms with E-state index in [9.17, 15) is 5.11 Å². The fourth-order valence-electron chi connectivity index (χ4n) is 8.77. The van der Waals surface area contributed by atoms with Gasteiger partial charge < -0.3 is 47.7 Å². The molecule has 0 amide bonds. The Bertz CT molecular complexity index is 2530. The van der Waals surface area contributed by atoms with Crippen molar-refractivity contribution in [2.75, 3.05) is 13.2 Å². The first-order valence-corrected chi connectivity index (χ1v) is 25.2. The highest BCUT2D eigenvalue weighted by Gasteiger charge is 2.54. The summed E-state index contributed by atoms with van der Waals surface area (Å²) < 4.78 is 61.8. The molecule has 0 saturated carbocycles. The lowest BCUT2D eigenvalue weighted by molar-refractivity contribution is -0.350. The maximum Gasteiger partial charge on any atom is 0.187 e. The predicted octanol–water partition coefficient (Wildman–Crippen LogP) is 10.7. The molecule has 0 unspecified atom stereocenters. The molecule has 368 valence electrons. The van der Waals surface area contributed by atoms with E-state index in [1.807, 2.05) is 212 Å². The van der Waals surface area contributed by atoms with Crippen LogP contribution < -0.4 is 0 Å². The molecule has 9 rings (SSSR count). The summed E-state index contributed by atoms with van der Waals surface area (Å²) >= 11 is 1.51. The zero-order chi connectivity index (χ0) is 48.3. The second-order valence-corrected chi connectivity index (χ2v) is 18.8. The van der Waals surface area contributed by atoms with E-state index < -0.39 is 60.6 Å². The maximum atomic E-state index is 12.8. The molecule has 0 aliphatic carbocycles. The second-order valence-electron chi connectivity index (χ2n) is 17.7. The third kappa shape index (κ3) is 14.8. The number of rotatable bonds is 24. The van der Waals surface area contributed by atoms with Crippen molar-refractivity contribution in [3.8, 4) is 0 Å². The molecule has 71 heavy (non-hydrogen) atoms. The van der Waals surface area contributed by atoms with Gasteiger partial charge in [0, 0.05) is 4.90 Å². The average molecular weight is 975 g/mol. The third-order valence-corrected chi connectivity index (χ3v) is 13.6. The molecule has 2 heterocycles. The highest BCUT2D eigenvalue weighted by molar-refractivity contribution is 7.99. The van der Waals surface area contributed by atoms with E-state index in [4.69, 9.17) is 42.6 Å². The van der Waals surface area contributed by atoms with Gasteiger partial charge in [-0.25, -0.2) is 0 Å². The lowest BCUT2D eigenvalue weighted by atomic mass is 9.96. The molecule has 7 aromatic carbocycles. The molecule has 11 heteroatoms. The van der Waals surface area contributed by atoms with Crippen LogP contribution in [0.3, 0.4) is 0 Å². The molecule has 0 radical (unpaired) electrons. The summed E-state index contributed by atoms with van der Waals surface area (Å²) in [5.41, 5.74) is 5.22. The highest BCUT2D eigenvalue weighted by Crippen LogP contribution is 2.40. The van der Waals surface area contributed by atoms with Crippen LogP contribution in [0.4, 0.5) is 0 Å². The van der Waals surface area contributed by atoms with Gasteiger partial charge in [0.2, 0.25) is 0 Å². The molecule has 2 aliphatic rings. The Labute approximate surface area is 421 Å². The molecule has 0 aromatic heterocycles. The van der Waals surface area contributed by atoms with E-state index in [1.165, 1.54) is 11.8 Å². The SMILES string of the molecule is O[C@H]1[C@H](O[C@H]2[C@@H](OCc3ccccc3)[C@H](OCc3ccccc3)[C@@H](COCc3ccccc3)O[C@@H]2Sc2ccccc2)O[C@H](COCc2ccccc2)[C@@H](OCc2ccccc2)[C@@H]1OCc1ccccc1. The zero-order valence-corrected chi connectivity index (χ0v) is 40.5. The van der Waals surface area contributed by atoms with Crippen LogP contribution in [0.2, 0.25) is 0 Å². The van der Waals surface area contributed by atoms with E-state index in [1.54, 1.807) is 0 Å². The lowest BCUT2D eigenvalue weighted by Crippen LogP contribution is -2.65. The van der Waals surface area contributed by atoms with Gasteiger partial charge in [0.05, 0.1) is 52.9 Å². The van der Waals surface area contributed by atoms with Crippen molar-refractivity contribution in [2.45, 2.75) is 105 Å². The molecular formula is C60H62O10S. The minimum absolute atomic E-state index is 0.118. The van der Waals surface area contributed by atoms with Crippen LogP contribution in [0, 0.1) is 0 Å². The van der Waals surface area contributed by atoms with E-state index >= 15 is 0 Å². The maximum absolute atomic E-state index is 12.8. The summed E-state index contributed by atoms with van der Waals surface area (Å²) in [4.78, 5) is 0.955. The standard InChI is InChI=1S/C60H62O10S/c61-53-56(66-40-48-30-16-5-17-31-48)54(64-38-46-26-12-3-13-27-46)51(42-62-36-44-22-8-1-9-23-44)68-59(53)70-58-57(67-41-49-32-18-6-19-33-49)55(65-39-47-28-14-4-15-29-47)52(43-63-37-45-24-10-2-11-25-45)69-60(58)71-50-34-20-7-21-35-50/h1-35,51-61H,36-43H2/t51-,52-,53-,54-,55-,56-,57+,58+,59+,60-/m1/s1. The van der Waals surface area contributed by atoms with Crippen molar-refractivity contribution in [2.24, 2.45) is 0 Å². The lowest BCUT2D eigenvalue weighted by Gasteiger charge is -2.49. The van der Waals surface area contributed by atoms with Gasteiger partial charge in [-0.05, 0) is 45.5 Å². The summed E-state index contributed by atoms with van der Waals surface area (Å²) in [7, 11) is 0. The number of hydrogen-bond acceptors (Lipinski definition) is 11. The van der Waals surface area contributed by atoms with Crippen molar-refractivity contribution in [1.29, 1.82) is 0 Å².